The van der Waals surface area contributed by atoms with Crippen LogP contribution < -0.4 is 4.90 Å². The van der Waals surface area contributed by atoms with Gasteiger partial charge < -0.3 is 9.88 Å². The van der Waals surface area contributed by atoms with E-state index in [1.54, 1.807) is 6.07 Å². The Morgan fingerprint density at radius 2 is 1.59 bits per heavy atom. The van der Waals surface area contributed by atoms with Crippen LogP contribution in [0.2, 0.25) is 0 Å². The fraction of sp³-hybridized carbons (Fsp3) is 0.167. The summed E-state index contributed by atoms with van der Waals surface area (Å²) in [6.07, 6.45) is 2.97. The standard InChI is InChI=1S/C24H21FN2/c1-27(16-8-3-2-4-9-16)23-14-20(17-10-5-6-11-18(17)23)21-15-26-24-19(21)12-7-13-22(24)25/h2-13,15,20,23,26H,14H2,1H3/t20-,23+/m0/s1. The van der Waals surface area contributed by atoms with E-state index in [9.17, 15) is 4.39 Å². The highest BCUT2D eigenvalue weighted by Crippen LogP contribution is 2.48. The summed E-state index contributed by atoms with van der Waals surface area (Å²) in [5, 5.41) is 0.984. The third-order valence-corrected chi connectivity index (χ3v) is 5.89. The second-order valence-electron chi connectivity index (χ2n) is 7.29. The molecule has 1 heterocycles. The van der Waals surface area contributed by atoms with Gasteiger partial charge in [0.15, 0.2) is 0 Å². The van der Waals surface area contributed by atoms with Gasteiger partial charge in [-0.2, -0.15) is 0 Å². The normalized spacial score (nSPS) is 18.6. The lowest BCUT2D eigenvalue weighted by Gasteiger charge is -2.28. The Kier molecular flexibility index (Phi) is 3.75. The first-order valence-corrected chi connectivity index (χ1v) is 9.36. The Hall–Kier alpha value is -3.07. The van der Waals surface area contributed by atoms with Crippen molar-refractivity contribution in [2.24, 2.45) is 0 Å². The fourth-order valence-electron chi connectivity index (χ4n) is 4.54. The smallest absolute Gasteiger partial charge is 0.147 e. The molecule has 0 aliphatic heterocycles. The predicted molar refractivity (Wildman–Crippen MR) is 109 cm³/mol. The minimum atomic E-state index is -0.192. The number of nitrogens with zero attached hydrogens (tertiary/aromatic N) is 1. The van der Waals surface area contributed by atoms with E-state index in [1.165, 1.54) is 28.4 Å². The number of para-hydroxylation sites is 2. The number of fused-ring (bicyclic) bond motifs is 2. The molecule has 3 aromatic carbocycles. The second kappa shape index (κ2) is 6.27. The van der Waals surface area contributed by atoms with E-state index < -0.39 is 0 Å². The average Bonchev–Trinajstić information content (AvgIpc) is 3.30. The van der Waals surface area contributed by atoms with Gasteiger partial charge in [-0.05, 0) is 41.3 Å². The van der Waals surface area contributed by atoms with Crippen LogP contribution in [0.15, 0.2) is 79.0 Å². The van der Waals surface area contributed by atoms with Gasteiger partial charge in [-0.25, -0.2) is 4.39 Å². The number of aromatic nitrogens is 1. The largest absolute Gasteiger partial charge is 0.368 e. The third kappa shape index (κ3) is 2.54. The molecule has 134 valence electrons. The molecule has 0 bridgehead atoms. The molecule has 5 rings (SSSR count). The summed E-state index contributed by atoms with van der Waals surface area (Å²) < 4.78 is 14.2. The van der Waals surface area contributed by atoms with Gasteiger partial charge in [-0.3, -0.25) is 0 Å². The molecule has 1 aliphatic rings. The Morgan fingerprint density at radius 1 is 0.852 bits per heavy atom. The molecular weight excluding hydrogens is 335 g/mol. The summed E-state index contributed by atoms with van der Waals surface area (Å²) in [4.78, 5) is 5.51. The van der Waals surface area contributed by atoms with Crippen molar-refractivity contribution >= 4 is 16.6 Å². The number of benzene rings is 3. The summed E-state index contributed by atoms with van der Waals surface area (Å²) in [5.41, 5.74) is 5.70. The number of aromatic amines is 1. The van der Waals surface area contributed by atoms with Crippen molar-refractivity contribution in [2.45, 2.75) is 18.4 Å². The highest BCUT2D eigenvalue weighted by atomic mass is 19.1. The maximum absolute atomic E-state index is 14.2. The summed E-state index contributed by atoms with van der Waals surface area (Å²) in [6.45, 7) is 0. The summed E-state index contributed by atoms with van der Waals surface area (Å²) in [7, 11) is 2.16. The third-order valence-electron chi connectivity index (χ3n) is 5.89. The quantitative estimate of drug-likeness (QED) is 0.475. The van der Waals surface area contributed by atoms with Crippen LogP contribution in [0.25, 0.3) is 10.9 Å². The first kappa shape index (κ1) is 16.1. The monoisotopic (exact) mass is 356 g/mol. The van der Waals surface area contributed by atoms with Gasteiger partial charge in [0.1, 0.15) is 5.82 Å². The van der Waals surface area contributed by atoms with Crippen LogP contribution in [-0.4, -0.2) is 12.0 Å². The SMILES string of the molecule is CN(c1ccccc1)[C@@H]1C[C@H](c2c[nH]c3c(F)cccc23)c2ccccc21. The minimum absolute atomic E-state index is 0.192. The van der Waals surface area contributed by atoms with Crippen molar-refractivity contribution in [3.63, 3.8) is 0 Å². The summed E-state index contributed by atoms with van der Waals surface area (Å²) >= 11 is 0. The molecule has 2 nitrogen and oxygen atoms in total. The number of anilines is 1. The molecule has 0 spiro atoms. The number of nitrogens with one attached hydrogen (secondary N) is 1. The van der Waals surface area contributed by atoms with Crippen molar-refractivity contribution in [1.82, 2.24) is 4.98 Å². The van der Waals surface area contributed by atoms with E-state index >= 15 is 0 Å². The van der Waals surface area contributed by atoms with Crippen LogP contribution in [0.5, 0.6) is 0 Å². The second-order valence-corrected chi connectivity index (χ2v) is 7.29. The van der Waals surface area contributed by atoms with Crippen LogP contribution >= 0.6 is 0 Å². The van der Waals surface area contributed by atoms with Crippen LogP contribution in [0.4, 0.5) is 10.1 Å². The highest BCUT2D eigenvalue weighted by molar-refractivity contribution is 5.85. The zero-order chi connectivity index (χ0) is 18.4. The lowest BCUT2D eigenvalue weighted by Crippen LogP contribution is -2.22. The minimum Gasteiger partial charge on any atom is -0.368 e. The number of rotatable bonds is 3. The van der Waals surface area contributed by atoms with Gasteiger partial charge in [-0.1, -0.05) is 54.6 Å². The van der Waals surface area contributed by atoms with E-state index in [0.717, 1.165) is 11.8 Å². The average molecular weight is 356 g/mol. The molecule has 0 saturated heterocycles. The van der Waals surface area contributed by atoms with Crippen molar-refractivity contribution < 1.29 is 4.39 Å². The van der Waals surface area contributed by atoms with Gasteiger partial charge in [-0.15, -0.1) is 0 Å². The molecule has 3 heteroatoms. The summed E-state index contributed by atoms with van der Waals surface area (Å²) in [5.74, 6) is 0.0656. The van der Waals surface area contributed by atoms with E-state index in [4.69, 9.17) is 0 Å². The molecule has 0 radical (unpaired) electrons. The van der Waals surface area contributed by atoms with Gasteiger partial charge in [0.05, 0.1) is 11.6 Å². The van der Waals surface area contributed by atoms with Crippen molar-refractivity contribution in [3.8, 4) is 0 Å². The van der Waals surface area contributed by atoms with Gasteiger partial charge in [0.25, 0.3) is 0 Å². The molecule has 27 heavy (non-hydrogen) atoms. The lowest BCUT2D eigenvalue weighted by atomic mass is 9.92. The van der Waals surface area contributed by atoms with Crippen molar-refractivity contribution in [2.75, 3.05) is 11.9 Å². The highest BCUT2D eigenvalue weighted by Gasteiger charge is 2.35. The molecule has 1 aromatic heterocycles. The molecular formula is C24H21FN2. The number of hydrogen-bond donors (Lipinski definition) is 1. The number of H-pyrrole nitrogens is 1. The van der Waals surface area contributed by atoms with Crippen molar-refractivity contribution in [3.05, 3.63) is 102 Å². The van der Waals surface area contributed by atoms with E-state index in [-0.39, 0.29) is 11.7 Å². The van der Waals surface area contributed by atoms with Gasteiger partial charge in [0.2, 0.25) is 0 Å². The molecule has 0 fully saturated rings. The maximum atomic E-state index is 14.2. The van der Waals surface area contributed by atoms with E-state index in [0.29, 0.717) is 11.6 Å². The number of hydrogen-bond acceptors (Lipinski definition) is 1. The van der Waals surface area contributed by atoms with Crippen LogP contribution in [0.1, 0.15) is 35.1 Å². The molecule has 1 N–H and O–H groups in total. The summed E-state index contributed by atoms with van der Waals surface area (Å²) in [6, 6.07) is 24.8. The Morgan fingerprint density at radius 3 is 2.41 bits per heavy atom. The predicted octanol–water partition coefficient (Wildman–Crippen LogP) is 6.02. The Balaban J connectivity index is 1.60. The fourth-order valence-corrected chi connectivity index (χ4v) is 4.54. The Labute approximate surface area is 158 Å². The topological polar surface area (TPSA) is 19.0 Å². The first-order chi connectivity index (χ1) is 13.2. The molecule has 1 aliphatic carbocycles. The van der Waals surface area contributed by atoms with Crippen LogP contribution in [0, 0.1) is 5.82 Å². The first-order valence-electron chi connectivity index (χ1n) is 9.36. The van der Waals surface area contributed by atoms with Crippen molar-refractivity contribution in [1.29, 1.82) is 0 Å². The van der Waals surface area contributed by atoms with Gasteiger partial charge >= 0.3 is 0 Å². The molecule has 0 amide bonds. The molecule has 0 unspecified atom stereocenters. The zero-order valence-corrected chi connectivity index (χ0v) is 15.2. The molecule has 4 aromatic rings. The number of halogens is 1. The van der Waals surface area contributed by atoms with E-state index in [2.05, 4.69) is 65.5 Å². The van der Waals surface area contributed by atoms with Crippen LogP contribution in [0.3, 0.4) is 0 Å². The van der Waals surface area contributed by atoms with Gasteiger partial charge in [0, 0.05) is 30.2 Å². The zero-order valence-electron chi connectivity index (χ0n) is 15.2. The molecule has 2 atom stereocenters. The lowest BCUT2D eigenvalue weighted by molar-refractivity contribution is 0.627. The Bertz CT molecular complexity index is 1100. The maximum Gasteiger partial charge on any atom is 0.147 e. The molecule has 0 saturated carbocycles. The van der Waals surface area contributed by atoms with E-state index in [1.807, 2.05) is 18.3 Å². The van der Waals surface area contributed by atoms with Crippen LogP contribution in [-0.2, 0) is 0 Å².